The average molecular weight is 354 g/mol. The molecular formula is C23H15FN2O. The van der Waals surface area contributed by atoms with Crippen LogP contribution in [0, 0.1) is 5.82 Å². The monoisotopic (exact) mass is 354 g/mol. The summed E-state index contributed by atoms with van der Waals surface area (Å²) in [4.78, 5) is 17.0. The van der Waals surface area contributed by atoms with Gasteiger partial charge in [0.1, 0.15) is 11.6 Å². The Balaban J connectivity index is 1.84. The summed E-state index contributed by atoms with van der Waals surface area (Å²) in [7, 11) is 0. The van der Waals surface area contributed by atoms with Crippen LogP contribution in [0.25, 0.3) is 22.6 Å². The molecule has 0 unspecified atom stereocenters. The van der Waals surface area contributed by atoms with Crippen LogP contribution < -0.4 is 5.56 Å². The topological polar surface area (TPSA) is 34.9 Å². The van der Waals surface area contributed by atoms with Gasteiger partial charge in [0.2, 0.25) is 0 Å². The van der Waals surface area contributed by atoms with E-state index in [-0.39, 0.29) is 11.4 Å². The Bertz CT molecular complexity index is 1270. The van der Waals surface area contributed by atoms with E-state index >= 15 is 0 Å². The van der Waals surface area contributed by atoms with E-state index in [2.05, 4.69) is 15.6 Å². The maximum absolute atomic E-state index is 13.3. The first-order valence-corrected chi connectivity index (χ1v) is 8.76. The Labute approximate surface area is 155 Å². The summed E-state index contributed by atoms with van der Waals surface area (Å²) in [6.07, 6.45) is 1.96. The van der Waals surface area contributed by atoms with Crippen LogP contribution in [-0.2, 0) is 6.54 Å². The van der Waals surface area contributed by atoms with Crippen LogP contribution in [0.1, 0.15) is 22.5 Å². The Hall–Kier alpha value is -3.53. The van der Waals surface area contributed by atoms with Gasteiger partial charge in [0.15, 0.2) is 0 Å². The molecule has 3 aromatic carbocycles. The van der Waals surface area contributed by atoms with Crippen LogP contribution in [0.2, 0.25) is 0 Å². The highest BCUT2D eigenvalue weighted by atomic mass is 19.1. The zero-order chi connectivity index (χ0) is 18.4. The number of halogens is 1. The van der Waals surface area contributed by atoms with Crippen LogP contribution >= 0.6 is 0 Å². The van der Waals surface area contributed by atoms with Gasteiger partial charge >= 0.3 is 0 Å². The second kappa shape index (κ2) is 6.02. The molecule has 4 heteroatoms. The lowest BCUT2D eigenvalue weighted by molar-refractivity contribution is 0.628. The number of rotatable bonds is 1. The molecule has 1 aromatic heterocycles. The number of fused-ring (bicyclic) bond motifs is 4. The zero-order valence-electron chi connectivity index (χ0n) is 14.4. The van der Waals surface area contributed by atoms with Gasteiger partial charge in [0.05, 0.1) is 17.4 Å². The zero-order valence-corrected chi connectivity index (χ0v) is 14.4. The van der Waals surface area contributed by atoms with Gasteiger partial charge in [-0.2, -0.15) is 4.98 Å². The van der Waals surface area contributed by atoms with Crippen LogP contribution in [0.4, 0.5) is 4.39 Å². The van der Waals surface area contributed by atoms with E-state index in [1.54, 1.807) is 12.1 Å². The minimum Gasteiger partial charge on any atom is -0.320 e. The second-order valence-corrected chi connectivity index (χ2v) is 6.61. The quantitative estimate of drug-likeness (QED) is 0.445. The molecule has 1 aliphatic heterocycles. The van der Waals surface area contributed by atoms with Gasteiger partial charge in [-0.3, -0.25) is 4.79 Å². The highest BCUT2D eigenvalue weighted by Crippen LogP contribution is 2.33. The first kappa shape index (κ1) is 15.7. The SMILES string of the molecule is O=c1nc2n(c3ccccc13)Cc1ccccc1/C2=C/c1ccc(F)cc1. The predicted molar refractivity (Wildman–Crippen MR) is 105 cm³/mol. The van der Waals surface area contributed by atoms with Gasteiger partial charge in [-0.25, -0.2) is 4.39 Å². The lowest BCUT2D eigenvalue weighted by Gasteiger charge is -2.25. The highest BCUT2D eigenvalue weighted by molar-refractivity contribution is 5.93. The molecule has 0 N–H and O–H groups in total. The summed E-state index contributed by atoms with van der Waals surface area (Å²) in [5.74, 6) is 0.364. The fraction of sp³-hybridized carbons (Fsp3) is 0.0435. The first-order chi connectivity index (χ1) is 13.2. The van der Waals surface area contributed by atoms with Gasteiger partial charge in [-0.05, 0) is 47.0 Å². The minimum absolute atomic E-state index is 0.235. The molecule has 27 heavy (non-hydrogen) atoms. The number of aromatic nitrogens is 2. The lowest BCUT2D eigenvalue weighted by atomic mass is 9.93. The normalized spacial score (nSPS) is 14.2. The Kier molecular flexibility index (Phi) is 3.50. The number of nitrogens with zero attached hydrogens (tertiary/aromatic N) is 2. The Morgan fingerprint density at radius 3 is 2.52 bits per heavy atom. The van der Waals surface area contributed by atoms with E-state index in [9.17, 15) is 9.18 Å². The molecule has 130 valence electrons. The standard InChI is InChI=1S/C23H15FN2O/c24-17-11-9-15(10-12-17)13-20-18-6-2-1-5-16(18)14-26-21-8-4-3-7-19(21)23(27)25-22(20)26/h1-13H,14H2/b20-13-. The van der Waals surface area contributed by atoms with E-state index in [4.69, 9.17) is 0 Å². The molecule has 0 aliphatic carbocycles. The van der Waals surface area contributed by atoms with Crippen LogP contribution in [0.5, 0.6) is 0 Å². The second-order valence-electron chi connectivity index (χ2n) is 6.61. The molecule has 0 saturated heterocycles. The summed E-state index contributed by atoms with van der Waals surface area (Å²) in [5, 5.41) is 0.613. The number of benzene rings is 3. The maximum atomic E-state index is 13.3. The van der Waals surface area contributed by atoms with Gasteiger partial charge < -0.3 is 4.57 Å². The van der Waals surface area contributed by atoms with Gasteiger partial charge in [-0.15, -0.1) is 0 Å². The molecule has 4 aromatic rings. The summed E-state index contributed by atoms with van der Waals surface area (Å²) in [5.41, 5.74) is 4.56. The van der Waals surface area contributed by atoms with E-state index in [1.807, 2.05) is 48.5 Å². The van der Waals surface area contributed by atoms with E-state index in [0.29, 0.717) is 17.8 Å². The number of hydrogen-bond donors (Lipinski definition) is 0. The number of para-hydroxylation sites is 1. The Morgan fingerprint density at radius 1 is 0.926 bits per heavy atom. The molecule has 0 amide bonds. The van der Waals surface area contributed by atoms with Crippen LogP contribution in [-0.4, -0.2) is 9.55 Å². The number of hydrogen-bond acceptors (Lipinski definition) is 2. The first-order valence-electron chi connectivity index (χ1n) is 8.76. The van der Waals surface area contributed by atoms with Crippen molar-refractivity contribution in [2.45, 2.75) is 6.54 Å². The fourth-order valence-electron chi connectivity index (χ4n) is 3.67. The van der Waals surface area contributed by atoms with E-state index in [0.717, 1.165) is 27.8 Å². The third-order valence-electron chi connectivity index (χ3n) is 4.95. The fourth-order valence-corrected chi connectivity index (χ4v) is 3.67. The summed E-state index contributed by atoms with van der Waals surface area (Å²) in [6.45, 7) is 0.653. The van der Waals surface area contributed by atoms with Crippen molar-refractivity contribution in [2.24, 2.45) is 0 Å². The van der Waals surface area contributed by atoms with Crippen molar-refractivity contribution in [3.05, 3.63) is 111 Å². The van der Waals surface area contributed by atoms with Crippen LogP contribution in [0.3, 0.4) is 0 Å². The van der Waals surface area contributed by atoms with Crippen molar-refractivity contribution in [3.8, 4) is 0 Å². The molecule has 5 rings (SSSR count). The molecule has 0 spiro atoms. The summed E-state index contributed by atoms with van der Waals surface area (Å²) < 4.78 is 15.4. The van der Waals surface area contributed by atoms with E-state index in [1.165, 1.54) is 12.1 Å². The average Bonchev–Trinajstić information content (AvgIpc) is 2.70. The van der Waals surface area contributed by atoms with Crippen molar-refractivity contribution < 1.29 is 4.39 Å². The van der Waals surface area contributed by atoms with Crippen molar-refractivity contribution in [2.75, 3.05) is 0 Å². The molecule has 0 fully saturated rings. The molecule has 0 atom stereocenters. The van der Waals surface area contributed by atoms with Crippen molar-refractivity contribution >= 4 is 22.6 Å². The summed E-state index contributed by atoms with van der Waals surface area (Å²) >= 11 is 0. The van der Waals surface area contributed by atoms with Crippen molar-refractivity contribution in [1.82, 2.24) is 9.55 Å². The molecule has 2 heterocycles. The summed E-state index contributed by atoms with van der Waals surface area (Å²) in [6, 6.07) is 22.0. The minimum atomic E-state index is -0.276. The van der Waals surface area contributed by atoms with Crippen molar-refractivity contribution in [3.63, 3.8) is 0 Å². The van der Waals surface area contributed by atoms with Gasteiger partial charge in [0, 0.05) is 5.57 Å². The van der Waals surface area contributed by atoms with Gasteiger partial charge in [0.25, 0.3) is 5.56 Å². The highest BCUT2D eigenvalue weighted by Gasteiger charge is 2.23. The molecule has 0 radical (unpaired) electrons. The van der Waals surface area contributed by atoms with Gasteiger partial charge in [-0.1, -0.05) is 48.5 Å². The molecule has 3 nitrogen and oxygen atoms in total. The maximum Gasteiger partial charge on any atom is 0.281 e. The smallest absolute Gasteiger partial charge is 0.281 e. The predicted octanol–water partition coefficient (Wildman–Crippen LogP) is 4.49. The molecule has 0 bridgehead atoms. The molecule has 1 aliphatic rings. The molecule has 0 saturated carbocycles. The lowest BCUT2D eigenvalue weighted by Crippen LogP contribution is -2.23. The van der Waals surface area contributed by atoms with E-state index < -0.39 is 0 Å². The van der Waals surface area contributed by atoms with Crippen molar-refractivity contribution in [1.29, 1.82) is 0 Å². The molecular weight excluding hydrogens is 339 g/mol. The largest absolute Gasteiger partial charge is 0.320 e. The van der Waals surface area contributed by atoms with Crippen LogP contribution in [0.15, 0.2) is 77.6 Å². The third kappa shape index (κ3) is 2.57. The third-order valence-corrected chi connectivity index (χ3v) is 4.95. The Morgan fingerprint density at radius 2 is 1.67 bits per heavy atom.